The quantitative estimate of drug-likeness (QED) is 0.413. The first kappa shape index (κ1) is 19.7. The molecule has 1 saturated carbocycles. The average Bonchev–Trinajstić information content (AvgIpc) is 3.11. The van der Waals surface area contributed by atoms with Gasteiger partial charge in [-0.1, -0.05) is 11.6 Å². The molecule has 7 nitrogen and oxygen atoms in total. The Morgan fingerprint density at radius 1 is 1.35 bits per heavy atom. The number of nitrogens with one attached hydrogen (secondary N) is 3. The Bertz CT molecular complexity index is 1330. The van der Waals surface area contributed by atoms with Gasteiger partial charge in [0.15, 0.2) is 11.6 Å². The molecular formula is C21H19ClF2N6O. The largest absolute Gasteiger partial charge is 0.379 e. The number of benzene rings is 1. The average molecular weight is 445 g/mol. The van der Waals surface area contributed by atoms with Gasteiger partial charge in [0.05, 0.1) is 34.5 Å². The molecule has 10 heteroatoms. The summed E-state index contributed by atoms with van der Waals surface area (Å²) in [5, 5.41) is 13.3. The molecule has 2 unspecified atom stereocenters. The van der Waals surface area contributed by atoms with E-state index in [1.165, 1.54) is 0 Å². The summed E-state index contributed by atoms with van der Waals surface area (Å²) in [6.07, 6.45) is 4.14. The van der Waals surface area contributed by atoms with Crippen molar-refractivity contribution in [2.75, 3.05) is 10.6 Å². The molecule has 3 heterocycles. The molecule has 2 atom stereocenters. The van der Waals surface area contributed by atoms with Crippen molar-refractivity contribution in [3.05, 3.63) is 41.6 Å². The molecular weight excluding hydrogens is 426 g/mol. The number of imidazole rings is 1. The fourth-order valence-electron chi connectivity index (χ4n) is 3.67. The topological polar surface area (TPSA) is 87.1 Å². The van der Waals surface area contributed by atoms with E-state index in [0.29, 0.717) is 33.5 Å². The van der Waals surface area contributed by atoms with Crippen LogP contribution in [0.4, 0.5) is 20.3 Å². The molecule has 1 aromatic carbocycles. The summed E-state index contributed by atoms with van der Waals surface area (Å²) in [7, 11) is 0. The van der Waals surface area contributed by atoms with Gasteiger partial charge in [-0.15, -0.1) is 0 Å². The number of hydrogen-bond donors (Lipinski definition) is 3. The van der Waals surface area contributed by atoms with Gasteiger partial charge in [0, 0.05) is 28.8 Å². The number of nitrogens with zero attached hydrogens (tertiary/aromatic N) is 3. The second-order valence-corrected chi connectivity index (χ2v) is 8.37. The van der Waals surface area contributed by atoms with Crippen molar-refractivity contribution in [2.24, 2.45) is 5.92 Å². The maximum Gasteiger partial charge on any atom is 0.231 e. The highest BCUT2D eigenvalue weighted by Gasteiger charge is 2.43. The maximum absolute atomic E-state index is 15.2. The molecule has 0 saturated heterocycles. The summed E-state index contributed by atoms with van der Waals surface area (Å²) in [6, 6.07) is 3.51. The zero-order chi connectivity index (χ0) is 21.9. The molecule has 0 radical (unpaired) electrons. The normalized spacial score (nSPS) is 18.1. The van der Waals surface area contributed by atoms with E-state index >= 15 is 4.39 Å². The van der Waals surface area contributed by atoms with Gasteiger partial charge in [-0.25, -0.2) is 13.8 Å². The van der Waals surface area contributed by atoms with E-state index in [1.54, 1.807) is 35.1 Å². The Kier molecular flexibility index (Phi) is 4.58. The van der Waals surface area contributed by atoms with E-state index in [1.807, 2.05) is 13.8 Å². The van der Waals surface area contributed by atoms with Gasteiger partial charge < -0.3 is 15.0 Å². The summed E-state index contributed by atoms with van der Waals surface area (Å²) in [5.41, 5.74) is 2.52. The van der Waals surface area contributed by atoms with Crippen LogP contribution < -0.4 is 10.6 Å². The fraction of sp³-hybridized carbons (Fsp3) is 0.286. The summed E-state index contributed by atoms with van der Waals surface area (Å²) in [4.78, 5) is 16.3. The van der Waals surface area contributed by atoms with Crippen LogP contribution in [0.1, 0.15) is 20.3 Å². The van der Waals surface area contributed by atoms with Crippen molar-refractivity contribution in [2.45, 2.75) is 32.5 Å². The highest BCUT2D eigenvalue weighted by Crippen LogP contribution is 2.41. The first-order valence-electron chi connectivity index (χ1n) is 9.88. The Balaban J connectivity index is 1.57. The van der Waals surface area contributed by atoms with Crippen molar-refractivity contribution in [3.8, 4) is 11.1 Å². The monoisotopic (exact) mass is 444 g/mol. The van der Waals surface area contributed by atoms with Crippen molar-refractivity contribution in [3.63, 3.8) is 0 Å². The third-order valence-electron chi connectivity index (χ3n) is 5.26. The number of carbonyl (C=O) groups is 1. The number of carbonyl (C=O) groups excluding carboxylic acids is 1. The molecule has 31 heavy (non-hydrogen) atoms. The Hall–Kier alpha value is -3.20. The van der Waals surface area contributed by atoms with Gasteiger partial charge in [0.2, 0.25) is 5.91 Å². The van der Waals surface area contributed by atoms with E-state index in [4.69, 9.17) is 11.6 Å². The van der Waals surface area contributed by atoms with Gasteiger partial charge in [0.1, 0.15) is 11.8 Å². The molecule has 160 valence electrons. The first-order valence-corrected chi connectivity index (χ1v) is 10.3. The zero-order valence-corrected chi connectivity index (χ0v) is 17.5. The van der Waals surface area contributed by atoms with Gasteiger partial charge in [-0.3, -0.25) is 9.89 Å². The number of pyridine rings is 1. The second-order valence-electron chi connectivity index (χ2n) is 7.99. The smallest absolute Gasteiger partial charge is 0.231 e. The Morgan fingerprint density at radius 3 is 2.84 bits per heavy atom. The van der Waals surface area contributed by atoms with Gasteiger partial charge in [-0.2, -0.15) is 5.10 Å². The lowest BCUT2D eigenvalue weighted by Crippen LogP contribution is -2.15. The molecule has 1 fully saturated rings. The summed E-state index contributed by atoms with van der Waals surface area (Å²) in [6.45, 7) is 3.81. The van der Waals surface area contributed by atoms with Crippen LogP contribution in [-0.4, -0.2) is 37.7 Å². The van der Waals surface area contributed by atoms with E-state index in [0.717, 1.165) is 0 Å². The lowest BCUT2D eigenvalue weighted by molar-refractivity contribution is -0.117. The van der Waals surface area contributed by atoms with E-state index in [-0.39, 0.29) is 29.1 Å². The molecule has 4 aromatic rings. The number of H-pyrrole nitrogens is 1. The number of amides is 1. The molecule has 0 bridgehead atoms. The summed E-state index contributed by atoms with van der Waals surface area (Å²) < 4.78 is 30.0. The van der Waals surface area contributed by atoms with Crippen LogP contribution in [0.5, 0.6) is 0 Å². The van der Waals surface area contributed by atoms with Gasteiger partial charge >= 0.3 is 0 Å². The van der Waals surface area contributed by atoms with Crippen LogP contribution in [-0.2, 0) is 4.79 Å². The number of hydrogen-bond acceptors (Lipinski definition) is 4. The number of aromatic amines is 1. The number of halogens is 3. The minimum Gasteiger partial charge on any atom is -0.379 e. The standard InChI is InChI=1S/C21H19ClF2N6O/c1-9(2)26-20-18(24)17(22)16(12-6-25-29-19(12)20)10-3-4-15-27-14(8-30(15)7-10)28-21(31)11-5-13(11)23/h3-4,6-9,11,13,26H,5H2,1-2H3,(H,25,29)(H,28,31). The zero-order valence-electron chi connectivity index (χ0n) is 16.7. The van der Waals surface area contributed by atoms with Crippen molar-refractivity contribution < 1.29 is 13.6 Å². The number of anilines is 2. The lowest BCUT2D eigenvalue weighted by Gasteiger charge is -2.16. The lowest BCUT2D eigenvalue weighted by atomic mass is 10.0. The Morgan fingerprint density at radius 2 is 2.13 bits per heavy atom. The molecule has 3 N–H and O–H groups in total. The van der Waals surface area contributed by atoms with Crippen LogP contribution >= 0.6 is 11.6 Å². The van der Waals surface area contributed by atoms with Crippen LogP contribution in [0.3, 0.4) is 0 Å². The van der Waals surface area contributed by atoms with Gasteiger partial charge in [-0.05, 0) is 32.4 Å². The van der Waals surface area contributed by atoms with Crippen LogP contribution in [0.25, 0.3) is 27.7 Å². The first-order chi connectivity index (χ1) is 14.8. The molecule has 0 aliphatic heterocycles. The maximum atomic E-state index is 15.2. The molecule has 1 aliphatic carbocycles. The molecule has 5 rings (SSSR count). The summed E-state index contributed by atoms with van der Waals surface area (Å²) >= 11 is 6.46. The van der Waals surface area contributed by atoms with E-state index in [9.17, 15) is 9.18 Å². The minimum absolute atomic E-state index is 0.00200. The third-order valence-corrected chi connectivity index (χ3v) is 5.62. The second kappa shape index (κ2) is 7.19. The van der Waals surface area contributed by atoms with Gasteiger partial charge in [0.25, 0.3) is 0 Å². The molecule has 3 aromatic heterocycles. The van der Waals surface area contributed by atoms with Crippen LogP contribution in [0, 0.1) is 11.7 Å². The number of rotatable bonds is 5. The highest BCUT2D eigenvalue weighted by molar-refractivity contribution is 6.36. The van der Waals surface area contributed by atoms with Crippen LogP contribution in [0.2, 0.25) is 5.02 Å². The predicted octanol–water partition coefficient (Wildman–Crippen LogP) is 4.79. The number of alkyl halides is 1. The molecule has 1 amide bonds. The Labute approximate surface area is 180 Å². The van der Waals surface area contributed by atoms with Crippen molar-refractivity contribution >= 4 is 45.6 Å². The highest BCUT2D eigenvalue weighted by atomic mass is 35.5. The predicted molar refractivity (Wildman–Crippen MR) is 116 cm³/mol. The number of fused-ring (bicyclic) bond motifs is 2. The van der Waals surface area contributed by atoms with Crippen LogP contribution in [0.15, 0.2) is 30.7 Å². The third kappa shape index (κ3) is 3.38. The molecule has 1 aliphatic rings. The minimum atomic E-state index is -1.08. The van der Waals surface area contributed by atoms with E-state index in [2.05, 4.69) is 25.8 Å². The van der Waals surface area contributed by atoms with Crippen molar-refractivity contribution in [1.29, 1.82) is 0 Å². The number of aromatic nitrogens is 4. The summed E-state index contributed by atoms with van der Waals surface area (Å²) in [5.74, 6) is -1.22. The fourth-order valence-corrected chi connectivity index (χ4v) is 3.98. The van der Waals surface area contributed by atoms with Crippen molar-refractivity contribution in [1.82, 2.24) is 19.6 Å². The molecule has 0 spiro atoms. The van der Waals surface area contributed by atoms with E-state index < -0.39 is 17.9 Å². The SMILES string of the molecule is CC(C)Nc1c(F)c(Cl)c(-c2ccc3nc(NC(=O)C4CC4F)cn3c2)c2cn[nH]c12.